The van der Waals surface area contributed by atoms with Crippen molar-refractivity contribution in [2.75, 3.05) is 6.61 Å². The van der Waals surface area contributed by atoms with E-state index in [4.69, 9.17) is 0 Å². The van der Waals surface area contributed by atoms with E-state index < -0.39 is 11.1 Å². The van der Waals surface area contributed by atoms with E-state index in [9.17, 15) is 14.7 Å². The molecule has 0 spiro atoms. The van der Waals surface area contributed by atoms with Gasteiger partial charge < -0.3 is 5.11 Å². The number of carbonyl (C=O) groups is 2. The van der Waals surface area contributed by atoms with Crippen LogP contribution in [-0.4, -0.2) is 22.9 Å². The first-order valence-corrected chi connectivity index (χ1v) is 6.87. The minimum atomic E-state index is -0.447. The maximum atomic E-state index is 11.8. The Bertz CT molecular complexity index is 746. The fraction of sp³-hybridized carbons (Fsp3) is 0.0667. The molecule has 0 radical (unpaired) electrons. The van der Waals surface area contributed by atoms with Crippen LogP contribution in [-0.2, 0) is 4.79 Å². The molecule has 1 fully saturated rings. The van der Waals surface area contributed by atoms with Crippen molar-refractivity contribution in [3.05, 3.63) is 52.9 Å². The quantitative estimate of drug-likeness (QED) is 0.832. The molecule has 100 valence electrons. The van der Waals surface area contributed by atoms with Crippen molar-refractivity contribution in [2.45, 2.75) is 0 Å². The standard InChI is InChI=1S/C15H11NO3S/c17-8-12(13-14(18)16-15(19)20-13)11-7-3-5-9-4-1-2-6-10(9)11/h1-7,17H,8H2,(H,16,18,19)/b13-12+. The Kier molecular flexibility index (Phi) is 3.30. The molecule has 0 bridgehead atoms. The Hall–Kier alpha value is -2.11. The predicted molar refractivity (Wildman–Crippen MR) is 79.1 cm³/mol. The summed E-state index contributed by atoms with van der Waals surface area (Å²) in [7, 11) is 0. The summed E-state index contributed by atoms with van der Waals surface area (Å²) in [4.78, 5) is 23.3. The number of fused-ring (bicyclic) bond motifs is 1. The van der Waals surface area contributed by atoms with Crippen LogP contribution in [0, 0.1) is 0 Å². The number of hydrogen-bond acceptors (Lipinski definition) is 4. The van der Waals surface area contributed by atoms with Gasteiger partial charge in [-0.15, -0.1) is 0 Å². The van der Waals surface area contributed by atoms with Crippen LogP contribution in [0.4, 0.5) is 4.79 Å². The number of thioether (sulfide) groups is 1. The molecular weight excluding hydrogens is 274 g/mol. The zero-order valence-corrected chi connectivity index (χ0v) is 11.2. The first kappa shape index (κ1) is 12.9. The molecule has 0 unspecified atom stereocenters. The van der Waals surface area contributed by atoms with Gasteiger partial charge in [0.2, 0.25) is 0 Å². The van der Waals surface area contributed by atoms with E-state index in [2.05, 4.69) is 5.32 Å². The summed E-state index contributed by atoms with van der Waals surface area (Å²) in [5.41, 5.74) is 1.26. The summed E-state index contributed by atoms with van der Waals surface area (Å²) in [6.45, 7) is -0.295. The van der Waals surface area contributed by atoms with E-state index in [1.165, 1.54) is 0 Å². The van der Waals surface area contributed by atoms with Gasteiger partial charge in [-0.05, 0) is 28.1 Å². The van der Waals surface area contributed by atoms with Crippen molar-refractivity contribution >= 4 is 39.3 Å². The van der Waals surface area contributed by atoms with Crippen LogP contribution in [0.15, 0.2) is 47.4 Å². The Morgan fingerprint density at radius 3 is 2.55 bits per heavy atom. The Morgan fingerprint density at radius 2 is 1.85 bits per heavy atom. The van der Waals surface area contributed by atoms with Gasteiger partial charge in [-0.1, -0.05) is 42.5 Å². The summed E-state index contributed by atoms with van der Waals surface area (Å²) in [6.07, 6.45) is 0. The second kappa shape index (κ2) is 5.11. The van der Waals surface area contributed by atoms with Gasteiger partial charge in [0.25, 0.3) is 11.1 Å². The number of aliphatic hydroxyl groups is 1. The molecule has 0 atom stereocenters. The molecule has 2 N–H and O–H groups in total. The predicted octanol–water partition coefficient (Wildman–Crippen LogP) is 2.53. The number of aliphatic hydroxyl groups excluding tert-OH is 1. The van der Waals surface area contributed by atoms with Crippen LogP contribution < -0.4 is 5.32 Å². The van der Waals surface area contributed by atoms with Gasteiger partial charge >= 0.3 is 0 Å². The third kappa shape index (κ3) is 2.11. The third-order valence-electron chi connectivity index (χ3n) is 3.16. The number of nitrogens with one attached hydrogen (secondary N) is 1. The van der Waals surface area contributed by atoms with Crippen molar-refractivity contribution in [1.82, 2.24) is 5.32 Å². The SMILES string of the molecule is O=C1NC(=O)/C(=C(/CO)c2cccc3ccccc23)S1. The van der Waals surface area contributed by atoms with Crippen LogP contribution in [0.25, 0.3) is 16.3 Å². The van der Waals surface area contributed by atoms with E-state index in [1.807, 2.05) is 42.5 Å². The van der Waals surface area contributed by atoms with Crippen molar-refractivity contribution in [3.8, 4) is 0 Å². The average Bonchev–Trinajstić information content (AvgIpc) is 2.79. The largest absolute Gasteiger partial charge is 0.392 e. The van der Waals surface area contributed by atoms with Gasteiger partial charge in [0.1, 0.15) is 0 Å². The van der Waals surface area contributed by atoms with Crippen molar-refractivity contribution in [2.24, 2.45) is 0 Å². The fourth-order valence-electron chi connectivity index (χ4n) is 2.28. The van der Waals surface area contributed by atoms with Gasteiger partial charge in [-0.2, -0.15) is 0 Å². The molecule has 1 heterocycles. The summed E-state index contributed by atoms with van der Waals surface area (Å²) in [5.74, 6) is -0.447. The molecule has 2 aromatic rings. The Morgan fingerprint density at radius 1 is 1.10 bits per heavy atom. The molecule has 4 nitrogen and oxygen atoms in total. The monoisotopic (exact) mass is 285 g/mol. The summed E-state index contributed by atoms with van der Waals surface area (Å²) in [5, 5.41) is 13.4. The number of amides is 2. The van der Waals surface area contributed by atoms with E-state index in [1.54, 1.807) is 0 Å². The maximum Gasteiger partial charge on any atom is 0.290 e. The molecule has 0 aliphatic carbocycles. The zero-order chi connectivity index (χ0) is 14.1. The Labute approximate surface area is 119 Å². The van der Waals surface area contributed by atoms with E-state index in [0.29, 0.717) is 5.57 Å². The van der Waals surface area contributed by atoms with Crippen LogP contribution in [0.2, 0.25) is 0 Å². The minimum absolute atomic E-state index is 0.272. The first-order valence-electron chi connectivity index (χ1n) is 6.06. The lowest BCUT2D eigenvalue weighted by molar-refractivity contribution is -0.115. The smallest absolute Gasteiger partial charge is 0.290 e. The van der Waals surface area contributed by atoms with E-state index in [0.717, 1.165) is 28.1 Å². The lowest BCUT2D eigenvalue weighted by atomic mass is 9.98. The first-order chi connectivity index (χ1) is 9.70. The molecule has 1 saturated heterocycles. The van der Waals surface area contributed by atoms with Gasteiger partial charge in [0.15, 0.2) is 0 Å². The average molecular weight is 285 g/mol. The molecule has 0 saturated carbocycles. The highest BCUT2D eigenvalue weighted by molar-refractivity contribution is 8.18. The molecular formula is C15H11NO3S. The van der Waals surface area contributed by atoms with Crippen molar-refractivity contribution < 1.29 is 14.7 Å². The maximum absolute atomic E-state index is 11.8. The summed E-state index contributed by atoms with van der Waals surface area (Å²) >= 11 is 0.830. The van der Waals surface area contributed by atoms with E-state index >= 15 is 0 Å². The Balaban J connectivity index is 2.25. The number of imide groups is 1. The van der Waals surface area contributed by atoms with Crippen LogP contribution in [0.1, 0.15) is 5.56 Å². The second-order valence-corrected chi connectivity index (χ2v) is 5.32. The van der Waals surface area contributed by atoms with Crippen molar-refractivity contribution in [3.63, 3.8) is 0 Å². The third-order valence-corrected chi connectivity index (χ3v) is 4.09. The molecule has 20 heavy (non-hydrogen) atoms. The van der Waals surface area contributed by atoms with Crippen LogP contribution >= 0.6 is 11.8 Å². The number of rotatable bonds is 2. The van der Waals surface area contributed by atoms with E-state index in [-0.39, 0.29) is 11.5 Å². The van der Waals surface area contributed by atoms with Gasteiger partial charge in [0.05, 0.1) is 11.5 Å². The zero-order valence-electron chi connectivity index (χ0n) is 10.4. The summed E-state index contributed by atoms with van der Waals surface area (Å²) < 4.78 is 0. The van der Waals surface area contributed by atoms with Gasteiger partial charge in [-0.3, -0.25) is 14.9 Å². The molecule has 1 aliphatic heterocycles. The number of carbonyl (C=O) groups excluding carboxylic acids is 2. The highest BCUT2D eigenvalue weighted by atomic mass is 32.2. The normalized spacial score (nSPS) is 17.4. The van der Waals surface area contributed by atoms with Crippen LogP contribution in [0.3, 0.4) is 0 Å². The molecule has 0 aromatic heterocycles. The molecule has 2 amide bonds. The van der Waals surface area contributed by atoms with Crippen LogP contribution in [0.5, 0.6) is 0 Å². The minimum Gasteiger partial charge on any atom is -0.392 e. The fourth-order valence-corrected chi connectivity index (χ4v) is 3.05. The lowest BCUT2D eigenvalue weighted by Gasteiger charge is -2.10. The number of benzene rings is 2. The molecule has 2 aromatic carbocycles. The highest BCUT2D eigenvalue weighted by Gasteiger charge is 2.29. The van der Waals surface area contributed by atoms with Crippen molar-refractivity contribution in [1.29, 1.82) is 0 Å². The number of hydrogen-bond donors (Lipinski definition) is 2. The highest BCUT2D eigenvalue weighted by Crippen LogP contribution is 2.34. The molecule has 3 rings (SSSR count). The molecule has 5 heteroatoms. The van der Waals surface area contributed by atoms with Gasteiger partial charge in [0, 0.05) is 5.57 Å². The lowest BCUT2D eigenvalue weighted by Crippen LogP contribution is -2.18. The summed E-state index contributed by atoms with van der Waals surface area (Å²) in [6, 6.07) is 13.4. The topological polar surface area (TPSA) is 66.4 Å². The second-order valence-electron chi connectivity index (χ2n) is 4.34. The molecule has 1 aliphatic rings. The van der Waals surface area contributed by atoms with Gasteiger partial charge in [-0.25, -0.2) is 0 Å².